The minimum Gasteiger partial charge on any atom is -0.377 e. The quantitative estimate of drug-likeness (QED) is 0.402. The molecule has 1 saturated heterocycles. The van der Waals surface area contributed by atoms with Gasteiger partial charge in [-0.25, -0.2) is 4.58 Å². The molecule has 0 spiro atoms. The van der Waals surface area contributed by atoms with E-state index in [0.29, 0.717) is 10.8 Å². The first-order valence-corrected chi connectivity index (χ1v) is 11.4. The Kier molecular flexibility index (Phi) is 7.79. The number of alkyl halides is 1. The molecule has 1 fully saturated rings. The van der Waals surface area contributed by atoms with Crippen molar-refractivity contribution in [3.05, 3.63) is 47.2 Å². The van der Waals surface area contributed by atoms with E-state index >= 15 is 0 Å². The van der Waals surface area contributed by atoms with Gasteiger partial charge in [0.2, 0.25) is 0 Å². The van der Waals surface area contributed by atoms with E-state index in [0.717, 1.165) is 0 Å². The topological polar surface area (TPSA) is 6.25 Å². The standard InChI is InChI=1S/C24H37N2.CH3Cl/c1-23(2)14-16-25(5)21(23)12-10-19-8-7-9-20(18-19)11-13-22-24(3,4)15-17-26(22)6;1-2/h10-13,18H,7-9,14-17H2,1-6H3;1H3/q+1;. The zero-order valence-electron chi connectivity index (χ0n) is 19.1. The van der Waals surface area contributed by atoms with Gasteiger partial charge < -0.3 is 4.90 Å². The summed E-state index contributed by atoms with van der Waals surface area (Å²) in [6.07, 6.45) is 19.5. The summed E-state index contributed by atoms with van der Waals surface area (Å²) in [7, 11) is 4.45. The molecule has 0 amide bonds. The van der Waals surface area contributed by atoms with E-state index in [4.69, 9.17) is 0 Å². The van der Waals surface area contributed by atoms with Crippen LogP contribution in [0.3, 0.4) is 0 Å². The SMILES string of the molecule is CCl.CN1CCC(C)(C)/C1=C\C=C1C=C(/C=C/C2=[N+](C)CCC2(C)C)CCC\1. The van der Waals surface area contributed by atoms with Crippen LogP contribution in [0.25, 0.3) is 0 Å². The number of hydrogen-bond acceptors (Lipinski definition) is 1. The number of hydrogen-bond donors (Lipinski definition) is 0. The van der Waals surface area contributed by atoms with E-state index < -0.39 is 0 Å². The van der Waals surface area contributed by atoms with Gasteiger partial charge in [0.1, 0.15) is 13.6 Å². The predicted molar refractivity (Wildman–Crippen MR) is 125 cm³/mol. The Balaban J connectivity index is 0.00000136. The summed E-state index contributed by atoms with van der Waals surface area (Å²) in [5, 5.41) is 0. The Bertz CT molecular complexity index is 717. The molecule has 0 aromatic heterocycles. The maximum Gasteiger partial charge on any atom is 0.181 e. The minimum atomic E-state index is 0.308. The highest BCUT2D eigenvalue weighted by molar-refractivity contribution is 6.15. The molecule has 0 radical (unpaired) electrons. The van der Waals surface area contributed by atoms with Gasteiger partial charge in [0, 0.05) is 43.6 Å². The Morgan fingerprint density at radius 3 is 2.29 bits per heavy atom. The van der Waals surface area contributed by atoms with Gasteiger partial charge in [-0.1, -0.05) is 32.1 Å². The molecule has 0 aromatic carbocycles. The van der Waals surface area contributed by atoms with E-state index in [1.807, 2.05) is 0 Å². The molecule has 2 heterocycles. The molecule has 0 N–H and O–H groups in total. The fourth-order valence-electron chi connectivity index (χ4n) is 4.64. The molecule has 2 nitrogen and oxygen atoms in total. The second-order valence-corrected chi connectivity index (χ2v) is 9.70. The second-order valence-electron chi connectivity index (χ2n) is 9.70. The van der Waals surface area contributed by atoms with Crippen molar-refractivity contribution in [1.82, 2.24) is 4.90 Å². The van der Waals surface area contributed by atoms with Crippen molar-refractivity contribution >= 4 is 17.3 Å². The molecule has 2 aliphatic heterocycles. The zero-order valence-corrected chi connectivity index (χ0v) is 19.9. The lowest BCUT2D eigenvalue weighted by atomic mass is 9.85. The first kappa shape index (κ1) is 23.0. The summed E-state index contributed by atoms with van der Waals surface area (Å²) in [5.74, 6) is 0. The van der Waals surface area contributed by atoms with Crippen molar-refractivity contribution in [3.63, 3.8) is 0 Å². The van der Waals surface area contributed by atoms with Gasteiger partial charge in [-0.15, -0.1) is 11.6 Å². The summed E-state index contributed by atoms with van der Waals surface area (Å²) in [6, 6.07) is 0. The number of allylic oxidation sites excluding steroid dienone is 8. The summed E-state index contributed by atoms with van der Waals surface area (Å²) in [5.41, 5.74) is 6.52. The first-order chi connectivity index (χ1) is 13.2. The number of nitrogens with zero attached hydrogens (tertiary/aromatic N) is 2. The van der Waals surface area contributed by atoms with E-state index in [9.17, 15) is 0 Å². The van der Waals surface area contributed by atoms with Gasteiger partial charge in [0.15, 0.2) is 5.71 Å². The Hall–Kier alpha value is -1.28. The normalized spacial score (nSPS) is 26.9. The van der Waals surface area contributed by atoms with Crippen LogP contribution < -0.4 is 0 Å². The van der Waals surface area contributed by atoms with Gasteiger partial charge in [-0.05, 0) is 56.8 Å². The highest BCUT2D eigenvalue weighted by atomic mass is 35.5. The van der Waals surface area contributed by atoms with Crippen LogP contribution in [-0.4, -0.2) is 48.8 Å². The van der Waals surface area contributed by atoms with Crippen molar-refractivity contribution in [2.24, 2.45) is 10.8 Å². The third kappa shape index (κ3) is 5.41. The molecule has 0 unspecified atom stereocenters. The molecular formula is C25H40ClN2+. The largest absolute Gasteiger partial charge is 0.377 e. The molecule has 156 valence electrons. The molecular weight excluding hydrogens is 364 g/mol. The van der Waals surface area contributed by atoms with Crippen molar-refractivity contribution in [3.8, 4) is 0 Å². The highest BCUT2D eigenvalue weighted by Gasteiger charge is 2.36. The molecule has 0 saturated carbocycles. The van der Waals surface area contributed by atoms with E-state index in [1.54, 1.807) is 0 Å². The Morgan fingerprint density at radius 2 is 1.71 bits per heavy atom. The van der Waals surface area contributed by atoms with Crippen molar-refractivity contribution in [2.45, 2.75) is 59.8 Å². The lowest BCUT2D eigenvalue weighted by Gasteiger charge is -2.23. The molecule has 0 aromatic rings. The lowest BCUT2D eigenvalue weighted by Crippen LogP contribution is -2.21. The average Bonchev–Trinajstić information content (AvgIpc) is 3.07. The molecule has 1 aliphatic carbocycles. The Labute approximate surface area is 178 Å². The molecule has 3 rings (SSSR count). The maximum atomic E-state index is 4.64. The summed E-state index contributed by atoms with van der Waals surface area (Å²) >= 11 is 4.64. The lowest BCUT2D eigenvalue weighted by molar-refractivity contribution is -0.487. The monoisotopic (exact) mass is 403 g/mol. The van der Waals surface area contributed by atoms with E-state index in [1.165, 1.54) is 74.1 Å². The number of likely N-dealkylation sites (tertiary alicyclic amines) is 1. The molecule has 3 heteroatoms. The molecule has 3 aliphatic rings. The number of halogens is 1. The smallest absolute Gasteiger partial charge is 0.181 e. The fourth-order valence-corrected chi connectivity index (χ4v) is 4.64. The van der Waals surface area contributed by atoms with E-state index in [2.05, 4.69) is 93.2 Å². The third-order valence-corrected chi connectivity index (χ3v) is 6.57. The van der Waals surface area contributed by atoms with Gasteiger partial charge in [0.25, 0.3) is 0 Å². The zero-order chi connectivity index (χ0) is 20.9. The van der Waals surface area contributed by atoms with Crippen LogP contribution in [0.1, 0.15) is 59.8 Å². The van der Waals surface area contributed by atoms with Crippen LogP contribution >= 0.6 is 11.6 Å². The van der Waals surface area contributed by atoms with Gasteiger partial charge in [0.05, 0.1) is 5.41 Å². The van der Waals surface area contributed by atoms with Crippen LogP contribution in [0.2, 0.25) is 0 Å². The van der Waals surface area contributed by atoms with Gasteiger partial charge >= 0.3 is 0 Å². The fraction of sp³-hybridized carbons (Fsp3) is 0.640. The van der Waals surface area contributed by atoms with Crippen molar-refractivity contribution in [1.29, 1.82) is 0 Å². The van der Waals surface area contributed by atoms with Crippen LogP contribution in [0.15, 0.2) is 47.2 Å². The molecule has 28 heavy (non-hydrogen) atoms. The maximum absolute atomic E-state index is 4.64. The number of rotatable bonds is 3. The minimum absolute atomic E-state index is 0.308. The predicted octanol–water partition coefficient (Wildman–Crippen LogP) is 6.19. The average molecular weight is 404 g/mol. The Morgan fingerprint density at radius 1 is 1.00 bits per heavy atom. The van der Waals surface area contributed by atoms with Crippen molar-refractivity contribution < 1.29 is 4.58 Å². The first-order valence-electron chi connectivity index (χ1n) is 10.7. The summed E-state index contributed by atoms with van der Waals surface area (Å²) in [4.78, 5) is 2.42. The highest BCUT2D eigenvalue weighted by Crippen LogP contribution is 2.38. The van der Waals surface area contributed by atoms with E-state index in [-0.39, 0.29) is 0 Å². The second kappa shape index (κ2) is 9.48. The third-order valence-electron chi connectivity index (χ3n) is 6.57. The summed E-state index contributed by atoms with van der Waals surface area (Å²) < 4.78 is 2.42. The molecule has 0 bridgehead atoms. The van der Waals surface area contributed by atoms with Gasteiger partial charge in [-0.3, -0.25) is 0 Å². The molecule has 0 atom stereocenters. The van der Waals surface area contributed by atoms with Crippen LogP contribution in [0.4, 0.5) is 0 Å². The van der Waals surface area contributed by atoms with Crippen molar-refractivity contribution in [2.75, 3.05) is 33.6 Å². The van der Waals surface area contributed by atoms with Crippen LogP contribution in [-0.2, 0) is 0 Å². The summed E-state index contributed by atoms with van der Waals surface area (Å²) in [6.45, 7) is 11.8. The van der Waals surface area contributed by atoms with Crippen LogP contribution in [0.5, 0.6) is 0 Å². The van der Waals surface area contributed by atoms with Gasteiger partial charge in [-0.2, -0.15) is 0 Å². The van der Waals surface area contributed by atoms with Crippen LogP contribution in [0, 0.1) is 10.8 Å².